The topological polar surface area (TPSA) is 125 Å². The third kappa shape index (κ3) is 6.68. The summed E-state index contributed by atoms with van der Waals surface area (Å²) in [5, 5.41) is -0.508. The van der Waals surface area contributed by atoms with E-state index in [4.69, 9.17) is 14.2 Å². The van der Waals surface area contributed by atoms with Crippen molar-refractivity contribution >= 4 is 27.8 Å². The molecule has 11 heteroatoms. The van der Waals surface area contributed by atoms with Gasteiger partial charge in [0, 0.05) is 12.3 Å². The number of anilines is 1. The van der Waals surface area contributed by atoms with Crippen LogP contribution in [-0.2, 0) is 35.6 Å². The molecule has 0 amide bonds. The number of carbonyl (C=O) groups is 2. The number of aromatic nitrogens is 2. The number of hydrogen-bond donors (Lipinski definition) is 0. The van der Waals surface area contributed by atoms with E-state index in [1.54, 1.807) is 59.1 Å². The normalized spacial score (nSPS) is 14.7. The summed E-state index contributed by atoms with van der Waals surface area (Å²) in [5.74, 6) is -2.80. The van der Waals surface area contributed by atoms with Gasteiger partial charge in [-0.15, -0.1) is 0 Å². The Balaban J connectivity index is 2.02. The van der Waals surface area contributed by atoms with E-state index in [1.807, 2.05) is 0 Å². The maximum atomic E-state index is 13.3. The van der Waals surface area contributed by atoms with Gasteiger partial charge in [0.2, 0.25) is 15.9 Å². The van der Waals surface area contributed by atoms with Crippen molar-refractivity contribution in [1.82, 2.24) is 9.97 Å². The zero-order chi connectivity index (χ0) is 25.8. The molecule has 1 saturated carbocycles. The van der Waals surface area contributed by atoms with Gasteiger partial charge >= 0.3 is 11.9 Å². The summed E-state index contributed by atoms with van der Waals surface area (Å²) in [6.07, 6.45) is 2.43. The number of methoxy groups -OCH3 is 1. The van der Waals surface area contributed by atoms with Crippen LogP contribution < -0.4 is 9.04 Å². The van der Waals surface area contributed by atoms with Gasteiger partial charge in [-0.2, -0.15) is 0 Å². The Hall–Kier alpha value is -3.21. The highest BCUT2D eigenvalue weighted by atomic mass is 32.2. The van der Waals surface area contributed by atoms with Crippen LogP contribution in [0.4, 0.5) is 5.82 Å². The molecule has 1 aromatic heterocycles. The first-order valence-corrected chi connectivity index (χ1v) is 12.8. The number of benzene rings is 1. The first kappa shape index (κ1) is 26.4. The fourth-order valence-electron chi connectivity index (χ4n) is 3.28. The lowest BCUT2D eigenvalue weighted by atomic mass is 10.1. The zero-order valence-electron chi connectivity index (χ0n) is 20.6. The molecular weight excluding hydrogens is 474 g/mol. The number of hydrogen-bond acceptors (Lipinski definition) is 9. The Morgan fingerprint density at radius 1 is 1.11 bits per heavy atom. The smallest absolute Gasteiger partial charge is 0.328 e. The van der Waals surface area contributed by atoms with Crippen LogP contribution in [-0.4, -0.2) is 54.9 Å². The van der Waals surface area contributed by atoms with Crippen molar-refractivity contribution in [2.75, 3.05) is 18.0 Å². The van der Waals surface area contributed by atoms with Crippen LogP contribution in [0.5, 0.6) is 5.75 Å². The molecule has 0 saturated heterocycles. The standard InChI is InChI=1S/C24H31N3O7S/c1-6-33-22(28)20(23(29)34-24(2,3)4)21-25-14-13-19(26-21)27(35(30,31)18-11-12-18)15-16-7-9-17(32-5)10-8-16/h7-10,13-14,18,20H,6,11-12,15H2,1-5H3. The summed E-state index contributed by atoms with van der Waals surface area (Å²) in [6, 6.07) is 8.44. The second-order valence-electron chi connectivity index (χ2n) is 9.09. The lowest BCUT2D eigenvalue weighted by Gasteiger charge is -2.25. The van der Waals surface area contributed by atoms with Crippen molar-refractivity contribution in [2.45, 2.75) is 63.9 Å². The fourth-order valence-corrected chi connectivity index (χ4v) is 5.06. The first-order chi connectivity index (χ1) is 16.5. The van der Waals surface area contributed by atoms with Crippen molar-refractivity contribution in [2.24, 2.45) is 0 Å². The summed E-state index contributed by atoms with van der Waals surface area (Å²) in [4.78, 5) is 34.0. The molecule has 0 N–H and O–H groups in total. The number of rotatable bonds is 10. The molecule has 3 rings (SSSR count). The maximum absolute atomic E-state index is 13.3. The van der Waals surface area contributed by atoms with E-state index in [0.717, 1.165) is 0 Å². The second kappa shape index (κ2) is 10.6. The van der Waals surface area contributed by atoms with Crippen LogP contribution in [0.3, 0.4) is 0 Å². The summed E-state index contributed by atoms with van der Waals surface area (Å²) in [7, 11) is -2.19. The summed E-state index contributed by atoms with van der Waals surface area (Å²) in [5.41, 5.74) is -0.154. The first-order valence-electron chi connectivity index (χ1n) is 11.3. The number of sulfonamides is 1. The van der Waals surface area contributed by atoms with E-state index < -0.39 is 38.7 Å². The number of ether oxygens (including phenoxy) is 3. The minimum atomic E-state index is -3.74. The Morgan fingerprint density at radius 2 is 1.77 bits per heavy atom. The number of esters is 2. The largest absolute Gasteiger partial charge is 0.497 e. The Labute approximate surface area is 205 Å². The van der Waals surface area contributed by atoms with Gasteiger partial charge in [-0.1, -0.05) is 12.1 Å². The van der Waals surface area contributed by atoms with Gasteiger partial charge in [-0.3, -0.25) is 9.59 Å². The average molecular weight is 506 g/mol. The Morgan fingerprint density at radius 3 is 2.31 bits per heavy atom. The van der Waals surface area contributed by atoms with E-state index in [0.29, 0.717) is 24.2 Å². The quantitative estimate of drug-likeness (QED) is 0.354. The molecule has 2 aromatic rings. The third-order valence-electron chi connectivity index (χ3n) is 5.08. The minimum absolute atomic E-state index is 0.00971. The molecule has 0 radical (unpaired) electrons. The van der Waals surface area contributed by atoms with Gasteiger partial charge < -0.3 is 14.2 Å². The highest BCUT2D eigenvalue weighted by Gasteiger charge is 2.42. The zero-order valence-corrected chi connectivity index (χ0v) is 21.4. The van der Waals surface area contributed by atoms with E-state index in [-0.39, 0.29) is 24.8 Å². The average Bonchev–Trinajstić information content (AvgIpc) is 3.63. The lowest BCUT2D eigenvalue weighted by Crippen LogP contribution is -2.36. The predicted octanol–water partition coefficient (Wildman–Crippen LogP) is 2.97. The molecule has 0 aliphatic heterocycles. The van der Waals surface area contributed by atoms with Gasteiger partial charge in [0.15, 0.2) is 5.82 Å². The fraction of sp³-hybridized carbons (Fsp3) is 0.500. The lowest BCUT2D eigenvalue weighted by molar-refractivity contribution is -0.164. The van der Waals surface area contributed by atoms with Crippen molar-refractivity contribution < 1.29 is 32.2 Å². The predicted molar refractivity (Wildman–Crippen MR) is 128 cm³/mol. The monoisotopic (exact) mass is 505 g/mol. The summed E-state index contributed by atoms with van der Waals surface area (Å²) in [6.45, 7) is 6.67. The molecule has 1 aliphatic rings. The summed E-state index contributed by atoms with van der Waals surface area (Å²) < 4.78 is 43.5. The van der Waals surface area contributed by atoms with Gasteiger partial charge in [-0.25, -0.2) is 22.7 Å². The highest BCUT2D eigenvalue weighted by molar-refractivity contribution is 7.93. The van der Waals surface area contributed by atoms with E-state index >= 15 is 0 Å². The molecule has 0 spiro atoms. The molecule has 35 heavy (non-hydrogen) atoms. The van der Waals surface area contributed by atoms with Crippen LogP contribution in [0, 0.1) is 0 Å². The van der Waals surface area contributed by atoms with Crippen LogP contribution in [0.1, 0.15) is 57.8 Å². The van der Waals surface area contributed by atoms with Gasteiger partial charge in [-0.05, 0) is 58.2 Å². The van der Waals surface area contributed by atoms with E-state index in [2.05, 4.69) is 9.97 Å². The molecule has 1 aromatic carbocycles. The van der Waals surface area contributed by atoms with Crippen LogP contribution in [0.25, 0.3) is 0 Å². The van der Waals surface area contributed by atoms with Gasteiger partial charge in [0.25, 0.3) is 0 Å². The van der Waals surface area contributed by atoms with Crippen molar-refractivity contribution in [3.05, 3.63) is 47.9 Å². The molecule has 1 aliphatic carbocycles. The van der Waals surface area contributed by atoms with Gasteiger partial charge in [0.05, 0.1) is 25.5 Å². The SMILES string of the molecule is CCOC(=O)C(C(=O)OC(C)(C)C)c1nccc(N(Cc2ccc(OC)cc2)S(=O)(=O)C2CC2)n1. The Bertz CT molecular complexity index is 1160. The number of carbonyl (C=O) groups excluding carboxylic acids is 2. The summed E-state index contributed by atoms with van der Waals surface area (Å²) >= 11 is 0. The maximum Gasteiger partial charge on any atom is 0.328 e. The van der Waals surface area contributed by atoms with E-state index in [9.17, 15) is 18.0 Å². The number of nitrogens with zero attached hydrogens (tertiary/aromatic N) is 3. The molecule has 0 bridgehead atoms. The minimum Gasteiger partial charge on any atom is -0.497 e. The van der Waals surface area contributed by atoms with Crippen LogP contribution in [0.2, 0.25) is 0 Å². The Kier molecular flexibility index (Phi) is 7.99. The second-order valence-corrected chi connectivity index (χ2v) is 11.2. The van der Waals surface area contributed by atoms with E-state index in [1.165, 1.54) is 16.6 Å². The van der Waals surface area contributed by atoms with Crippen molar-refractivity contribution in [3.63, 3.8) is 0 Å². The van der Waals surface area contributed by atoms with Gasteiger partial charge in [0.1, 0.15) is 17.2 Å². The molecule has 1 fully saturated rings. The van der Waals surface area contributed by atoms with Crippen molar-refractivity contribution in [1.29, 1.82) is 0 Å². The molecule has 1 unspecified atom stereocenters. The molecule has 1 heterocycles. The molecule has 10 nitrogen and oxygen atoms in total. The molecule has 190 valence electrons. The van der Waals surface area contributed by atoms with Crippen LogP contribution in [0.15, 0.2) is 36.5 Å². The molecular formula is C24H31N3O7S. The highest BCUT2D eigenvalue weighted by Crippen LogP contribution is 2.34. The van der Waals surface area contributed by atoms with Crippen molar-refractivity contribution in [3.8, 4) is 5.75 Å². The van der Waals surface area contributed by atoms with Crippen LogP contribution >= 0.6 is 0 Å². The third-order valence-corrected chi connectivity index (χ3v) is 7.32. The molecule has 1 atom stereocenters.